The van der Waals surface area contributed by atoms with E-state index >= 15 is 0 Å². The molecule has 1 fully saturated rings. The lowest BCUT2D eigenvalue weighted by Gasteiger charge is -2.26. The van der Waals surface area contributed by atoms with Gasteiger partial charge < -0.3 is 14.6 Å². The standard InChI is InChI=1S/C18H25N3O2/c1-15-13-16-5-2-3-6-17(16)21(15)14-18(22)19-7-4-8-20-9-11-23-12-10-20/h2-3,5-6,13H,4,7-12,14H2,1H3,(H,19,22). The van der Waals surface area contributed by atoms with E-state index in [0.29, 0.717) is 6.54 Å². The Balaban J connectivity index is 1.46. The highest BCUT2D eigenvalue weighted by atomic mass is 16.5. The van der Waals surface area contributed by atoms with Crippen LogP contribution in [0.2, 0.25) is 0 Å². The minimum Gasteiger partial charge on any atom is -0.379 e. The molecule has 1 aliphatic rings. The third-order valence-electron chi connectivity index (χ3n) is 4.40. The molecular weight excluding hydrogens is 290 g/mol. The number of ether oxygens (including phenoxy) is 1. The summed E-state index contributed by atoms with van der Waals surface area (Å²) in [6.45, 7) is 7.84. The number of fused-ring (bicyclic) bond motifs is 1. The molecule has 0 atom stereocenters. The number of hydrogen-bond donors (Lipinski definition) is 1. The Labute approximate surface area is 137 Å². The zero-order valence-electron chi connectivity index (χ0n) is 13.8. The molecule has 1 aromatic carbocycles. The summed E-state index contributed by atoms with van der Waals surface area (Å²) < 4.78 is 7.41. The molecule has 3 rings (SSSR count). The number of nitrogens with zero attached hydrogens (tertiary/aromatic N) is 2. The second-order valence-corrected chi connectivity index (χ2v) is 6.09. The Kier molecular flexibility index (Phi) is 5.31. The zero-order chi connectivity index (χ0) is 16.1. The van der Waals surface area contributed by atoms with Crippen molar-refractivity contribution < 1.29 is 9.53 Å². The molecule has 0 radical (unpaired) electrons. The molecule has 5 heteroatoms. The summed E-state index contributed by atoms with van der Waals surface area (Å²) in [4.78, 5) is 14.6. The van der Waals surface area contributed by atoms with Crippen LogP contribution in [-0.2, 0) is 16.1 Å². The lowest BCUT2D eigenvalue weighted by molar-refractivity contribution is -0.121. The Morgan fingerprint density at radius 1 is 1.26 bits per heavy atom. The number of nitrogens with one attached hydrogen (secondary N) is 1. The van der Waals surface area contributed by atoms with E-state index in [1.807, 2.05) is 19.1 Å². The van der Waals surface area contributed by atoms with Gasteiger partial charge in [-0.2, -0.15) is 0 Å². The Morgan fingerprint density at radius 2 is 2.04 bits per heavy atom. The first kappa shape index (κ1) is 16.0. The third kappa shape index (κ3) is 4.12. The molecule has 1 amide bonds. The van der Waals surface area contributed by atoms with Gasteiger partial charge in [0.05, 0.1) is 13.2 Å². The van der Waals surface area contributed by atoms with Gasteiger partial charge in [0.15, 0.2) is 0 Å². The number of amides is 1. The fourth-order valence-electron chi connectivity index (χ4n) is 3.11. The predicted octanol–water partition coefficient (Wildman–Crippen LogP) is 1.79. The minimum atomic E-state index is 0.0800. The average molecular weight is 315 g/mol. The van der Waals surface area contributed by atoms with E-state index in [0.717, 1.165) is 57.0 Å². The topological polar surface area (TPSA) is 46.5 Å². The van der Waals surface area contributed by atoms with E-state index < -0.39 is 0 Å². The first-order chi connectivity index (χ1) is 11.2. The van der Waals surface area contributed by atoms with E-state index in [1.165, 1.54) is 5.39 Å². The molecule has 1 aromatic heterocycles. The molecule has 0 saturated carbocycles. The summed E-state index contributed by atoms with van der Waals surface area (Å²) in [5, 5.41) is 4.22. The van der Waals surface area contributed by atoms with Gasteiger partial charge >= 0.3 is 0 Å². The van der Waals surface area contributed by atoms with Crippen LogP contribution in [0.25, 0.3) is 10.9 Å². The number of aryl methyl sites for hydroxylation is 1. The molecule has 1 N–H and O–H groups in total. The SMILES string of the molecule is Cc1cc2ccccc2n1CC(=O)NCCCN1CCOCC1. The summed E-state index contributed by atoms with van der Waals surface area (Å²) >= 11 is 0. The summed E-state index contributed by atoms with van der Waals surface area (Å²) in [5.41, 5.74) is 2.24. The van der Waals surface area contributed by atoms with Crippen LogP contribution in [0.4, 0.5) is 0 Å². The van der Waals surface area contributed by atoms with Gasteiger partial charge in [-0.05, 0) is 37.4 Å². The van der Waals surface area contributed by atoms with Gasteiger partial charge in [-0.1, -0.05) is 18.2 Å². The van der Waals surface area contributed by atoms with Gasteiger partial charge in [0.25, 0.3) is 0 Å². The van der Waals surface area contributed by atoms with Crippen molar-refractivity contribution in [2.45, 2.75) is 19.9 Å². The van der Waals surface area contributed by atoms with Crippen LogP contribution in [0.15, 0.2) is 30.3 Å². The van der Waals surface area contributed by atoms with Crippen molar-refractivity contribution in [2.75, 3.05) is 39.4 Å². The van der Waals surface area contributed by atoms with Crippen molar-refractivity contribution in [2.24, 2.45) is 0 Å². The second-order valence-electron chi connectivity index (χ2n) is 6.09. The third-order valence-corrected chi connectivity index (χ3v) is 4.40. The van der Waals surface area contributed by atoms with Gasteiger partial charge in [0.2, 0.25) is 5.91 Å². The van der Waals surface area contributed by atoms with Crippen LogP contribution >= 0.6 is 0 Å². The molecule has 0 unspecified atom stereocenters. The van der Waals surface area contributed by atoms with Crippen molar-refractivity contribution >= 4 is 16.8 Å². The van der Waals surface area contributed by atoms with Crippen LogP contribution in [0.1, 0.15) is 12.1 Å². The lowest BCUT2D eigenvalue weighted by Crippen LogP contribution is -2.38. The van der Waals surface area contributed by atoms with Gasteiger partial charge in [0.1, 0.15) is 6.54 Å². The van der Waals surface area contributed by atoms with Crippen LogP contribution in [0.3, 0.4) is 0 Å². The first-order valence-electron chi connectivity index (χ1n) is 8.36. The number of para-hydroxylation sites is 1. The van der Waals surface area contributed by atoms with Crippen molar-refractivity contribution in [1.82, 2.24) is 14.8 Å². The highest BCUT2D eigenvalue weighted by molar-refractivity contribution is 5.84. The molecule has 1 saturated heterocycles. The zero-order valence-corrected chi connectivity index (χ0v) is 13.8. The molecule has 2 aromatic rings. The van der Waals surface area contributed by atoms with Gasteiger partial charge in [0, 0.05) is 30.8 Å². The van der Waals surface area contributed by atoms with E-state index in [4.69, 9.17) is 4.74 Å². The number of morpholine rings is 1. The Morgan fingerprint density at radius 3 is 2.87 bits per heavy atom. The van der Waals surface area contributed by atoms with Crippen LogP contribution < -0.4 is 5.32 Å². The molecule has 1 aliphatic heterocycles. The number of hydrogen-bond acceptors (Lipinski definition) is 3. The quantitative estimate of drug-likeness (QED) is 0.827. The highest BCUT2D eigenvalue weighted by Gasteiger charge is 2.11. The maximum absolute atomic E-state index is 12.2. The van der Waals surface area contributed by atoms with Gasteiger partial charge in [-0.3, -0.25) is 9.69 Å². The molecule has 0 aliphatic carbocycles. The molecular formula is C18H25N3O2. The van der Waals surface area contributed by atoms with Crippen molar-refractivity contribution in [3.8, 4) is 0 Å². The van der Waals surface area contributed by atoms with Crippen molar-refractivity contribution in [1.29, 1.82) is 0 Å². The fraction of sp³-hybridized carbons (Fsp3) is 0.500. The minimum absolute atomic E-state index is 0.0800. The predicted molar refractivity (Wildman–Crippen MR) is 91.6 cm³/mol. The van der Waals surface area contributed by atoms with E-state index in [2.05, 4.69) is 33.0 Å². The van der Waals surface area contributed by atoms with Crippen LogP contribution in [0, 0.1) is 6.92 Å². The van der Waals surface area contributed by atoms with E-state index in [9.17, 15) is 4.79 Å². The number of carbonyl (C=O) groups is 1. The lowest BCUT2D eigenvalue weighted by atomic mass is 10.2. The molecule has 5 nitrogen and oxygen atoms in total. The average Bonchev–Trinajstić information content (AvgIpc) is 2.88. The molecule has 23 heavy (non-hydrogen) atoms. The van der Waals surface area contributed by atoms with Crippen molar-refractivity contribution in [3.63, 3.8) is 0 Å². The summed E-state index contributed by atoms with van der Waals surface area (Å²) in [6, 6.07) is 10.3. The van der Waals surface area contributed by atoms with E-state index in [-0.39, 0.29) is 5.91 Å². The molecule has 124 valence electrons. The summed E-state index contributed by atoms with van der Waals surface area (Å²) in [6.07, 6.45) is 0.983. The number of aromatic nitrogens is 1. The largest absolute Gasteiger partial charge is 0.379 e. The smallest absolute Gasteiger partial charge is 0.239 e. The normalized spacial score (nSPS) is 15.9. The maximum Gasteiger partial charge on any atom is 0.239 e. The summed E-state index contributed by atoms with van der Waals surface area (Å²) in [7, 11) is 0. The Bertz CT molecular complexity index is 659. The second kappa shape index (κ2) is 7.62. The molecule has 2 heterocycles. The van der Waals surface area contributed by atoms with Gasteiger partial charge in [-0.15, -0.1) is 0 Å². The van der Waals surface area contributed by atoms with Gasteiger partial charge in [-0.25, -0.2) is 0 Å². The maximum atomic E-state index is 12.2. The molecule has 0 bridgehead atoms. The van der Waals surface area contributed by atoms with Crippen molar-refractivity contribution in [3.05, 3.63) is 36.0 Å². The fourth-order valence-corrected chi connectivity index (χ4v) is 3.11. The summed E-state index contributed by atoms with van der Waals surface area (Å²) in [5.74, 6) is 0.0800. The van der Waals surface area contributed by atoms with Crippen LogP contribution in [-0.4, -0.2) is 54.8 Å². The molecule has 0 spiro atoms. The van der Waals surface area contributed by atoms with E-state index in [1.54, 1.807) is 0 Å². The van der Waals surface area contributed by atoms with Crippen LogP contribution in [0.5, 0.6) is 0 Å². The first-order valence-corrected chi connectivity index (χ1v) is 8.36. The monoisotopic (exact) mass is 315 g/mol. The Hall–Kier alpha value is -1.85. The number of benzene rings is 1. The number of rotatable bonds is 6. The highest BCUT2D eigenvalue weighted by Crippen LogP contribution is 2.18. The number of carbonyl (C=O) groups excluding carboxylic acids is 1.